The molecule has 0 aromatic heterocycles. The molecule has 0 aliphatic carbocycles. The number of amides is 2. The van der Waals surface area contributed by atoms with Gasteiger partial charge >= 0.3 is 6.03 Å². The summed E-state index contributed by atoms with van der Waals surface area (Å²) in [6.45, 7) is 4.38. The molecule has 1 saturated heterocycles. The number of urea groups is 1. The molecule has 1 unspecified atom stereocenters. The van der Waals surface area contributed by atoms with Crippen molar-refractivity contribution in [3.8, 4) is 0 Å². The molecule has 4 heteroatoms. The van der Waals surface area contributed by atoms with Gasteiger partial charge in [0, 0.05) is 30.6 Å². The molecule has 1 aliphatic heterocycles. The quantitative estimate of drug-likeness (QED) is 0.899. The molecular formula is C20H24N2OS. The van der Waals surface area contributed by atoms with E-state index in [2.05, 4.69) is 36.5 Å². The van der Waals surface area contributed by atoms with Crippen LogP contribution in [0.25, 0.3) is 0 Å². The van der Waals surface area contributed by atoms with Gasteiger partial charge in [0.15, 0.2) is 0 Å². The van der Waals surface area contributed by atoms with E-state index in [-0.39, 0.29) is 6.03 Å². The maximum absolute atomic E-state index is 12.4. The third-order valence-electron chi connectivity index (χ3n) is 4.45. The molecule has 0 saturated carbocycles. The normalized spacial score (nSPS) is 18.0. The van der Waals surface area contributed by atoms with Crippen LogP contribution < -0.4 is 5.32 Å². The van der Waals surface area contributed by atoms with Gasteiger partial charge < -0.3 is 10.2 Å². The SMILES string of the molecule is Cc1ccccc1C1CCN(C(=O)NCc2ccccc2)CCS1. The van der Waals surface area contributed by atoms with Crippen molar-refractivity contribution in [2.45, 2.75) is 25.1 Å². The molecule has 2 aromatic rings. The van der Waals surface area contributed by atoms with Crippen LogP contribution >= 0.6 is 11.8 Å². The molecule has 1 fully saturated rings. The zero-order chi connectivity index (χ0) is 16.8. The second-order valence-electron chi connectivity index (χ2n) is 6.14. The molecule has 3 nitrogen and oxygen atoms in total. The third-order valence-corrected chi connectivity index (χ3v) is 5.76. The Kier molecular flexibility index (Phi) is 5.81. The van der Waals surface area contributed by atoms with Gasteiger partial charge in [-0.25, -0.2) is 4.79 Å². The van der Waals surface area contributed by atoms with Crippen LogP contribution in [0.3, 0.4) is 0 Å². The number of thioether (sulfide) groups is 1. The maximum Gasteiger partial charge on any atom is 0.317 e. The lowest BCUT2D eigenvalue weighted by atomic mass is 10.0. The lowest BCUT2D eigenvalue weighted by Gasteiger charge is -2.21. The first-order chi connectivity index (χ1) is 11.7. The van der Waals surface area contributed by atoms with Crippen LogP contribution in [-0.4, -0.2) is 29.8 Å². The Balaban J connectivity index is 1.55. The summed E-state index contributed by atoms with van der Waals surface area (Å²) in [5.74, 6) is 0.984. The van der Waals surface area contributed by atoms with Crippen molar-refractivity contribution in [3.63, 3.8) is 0 Å². The van der Waals surface area contributed by atoms with Crippen LogP contribution in [0.2, 0.25) is 0 Å². The average molecular weight is 340 g/mol. The molecule has 0 bridgehead atoms. The number of carbonyl (C=O) groups is 1. The summed E-state index contributed by atoms with van der Waals surface area (Å²) in [6.07, 6.45) is 1.01. The summed E-state index contributed by atoms with van der Waals surface area (Å²) >= 11 is 1.97. The summed E-state index contributed by atoms with van der Waals surface area (Å²) in [5, 5.41) is 3.52. The van der Waals surface area contributed by atoms with Crippen molar-refractivity contribution >= 4 is 17.8 Å². The molecule has 126 valence electrons. The van der Waals surface area contributed by atoms with Crippen molar-refractivity contribution in [1.29, 1.82) is 0 Å². The summed E-state index contributed by atoms with van der Waals surface area (Å²) in [7, 11) is 0. The predicted molar refractivity (Wildman–Crippen MR) is 101 cm³/mol. The average Bonchev–Trinajstić information content (AvgIpc) is 2.87. The van der Waals surface area contributed by atoms with Gasteiger partial charge in [-0.05, 0) is 30.0 Å². The van der Waals surface area contributed by atoms with Crippen LogP contribution in [0.4, 0.5) is 4.79 Å². The Morgan fingerprint density at radius 2 is 1.88 bits per heavy atom. The molecule has 1 N–H and O–H groups in total. The van der Waals surface area contributed by atoms with Crippen molar-refractivity contribution in [2.24, 2.45) is 0 Å². The van der Waals surface area contributed by atoms with E-state index in [1.54, 1.807) is 0 Å². The van der Waals surface area contributed by atoms with Crippen molar-refractivity contribution in [1.82, 2.24) is 10.2 Å². The van der Waals surface area contributed by atoms with Gasteiger partial charge in [0.2, 0.25) is 0 Å². The fourth-order valence-corrected chi connectivity index (χ4v) is 4.38. The molecule has 0 spiro atoms. The molecule has 1 aliphatic rings. The number of rotatable bonds is 3. The molecule has 1 atom stereocenters. The minimum Gasteiger partial charge on any atom is -0.334 e. The minimum atomic E-state index is 0.0462. The van der Waals surface area contributed by atoms with Crippen molar-refractivity contribution in [2.75, 3.05) is 18.8 Å². The van der Waals surface area contributed by atoms with E-state index in [1.807, 2.05) is 47.0 Å². The van der Waals surface area contributed by atoms with Crippen LogP contribution in [0.5, 0.6) is 0 Å². The molecule has 3 rings (SSSR count). The minimum absolute atomic E-state index is 0.0462. The lowest BCUT2D eigenvalue weighted by molar-refractivity contribution is 0.200. The van der Waals surface area contributed by atoms with E-state index >= 15 is 0 Å². The van der Waals surface area contributed by atoms with Gasteiger partial charge in [0.1, 0.15) is 0 Å². The van der Waals surface area contributed by atoms with Crippen LogP contribution in [0, 0.1) is 6.92 Å². The smallest absolute Gasteiger partial charge is 0.317 e. The topological polar surface area (TPSA) is 32.3 Å². The fraction of sp³-hybridized carbons (Fsp3) is 0.350. The molecule has 1 heterocycles. The van der Waals surface area contributed by atoms with E-state index in [0.717, 1.165) is 30.8 Å². The highest BCUT2D eigenvalue weighted by Crippen LogP contribution is 2.35. The van der Waals surface area contributed by atoms with Gasteiger partial charge in [0.25, 0.3) is 0 Å². The summed E-state index contributed by atoms with van der Waals surface area (Å²) in [5.41, 5.74) is 3.89. The van der Waals surface area contributed by atoms with Crippen molar-refractivity contribution < 1.29 is 4.79 Å². The van der Waals surface area contributed by atoms with Crippen LogP contribution in [0.1, 0.15) is 28.4 Å². The second kappa shape index (κ2) is 8.25. The van der Waals surface area contributed by atoms with E-state index in [4.69, 9.17) is 0 Å². The Bertz CT molecular complexity index is 674. The van der Waals surface area contributed by atoms with Gasteiger partial charge in [-0.15, -0.1) is 0 Å². The maximum atomic E-state index is 12.4. The summed E-state index contributed by atoms with van der Waals surface area (Å²) < 4.78 is 0. The standard InChI is InChI=1S/C20H24N2OS/c1-16-7-5-6-10-18(16)19-11-12-22(13-14-24-19)20(23)21-15-17-8-3-2-4-9-17/h2-10,19H,11-15H2,1H3,(H,21,23). The highest BCUT2D eigenvalue weighted by molar-refractivity contribution is 7.99. The number of carbonyl (C=O) groups excluding carboxylic acids is 1. The molecule has 2 amide bonds. The van der Waals surface area contributed by atoms with Crippen molar-refractivity contribution in [3.05, 3.63) is 71.3 Å². The first-order valence-electron chi connectivity index (χ1n) is 8.48. The molecule has 2 aromatic carbocycles. The van der Waals surface area contributed by atoms with Crippen LogP contribution in [0.15, 0.2) is 54.6 Å². The molecular weight excluding hydrogens is 316 g/mol. The number of hydrogen-bond acceptors (Lipinski definition) is 2. The Morgan fingerprint density at radius 3 is 2.67 bits per heavy atom. The Labute approximate surface area is 148 Å². The highest BCUT2D eigenvalue weighted by Gasteiger charge is 2.22. The fourth-order valence-electron chi connectivity index (χ4n) is 3.06. The summed E-state index contributed by atoms with van der Waals surface area (Å²) in [6, 6.07) is 18.7. The lowest BCUT2D eigenvalue weighted by Crippen LogP contribution is -2.40. The van der Waals surface area contributed by atoms with Gasteiger partial charge in [-0.2, -0.15) is 11.8 Å². The predicted octanol–water partition coefficient (Wildman–Crippen LogP) is 4.38. The second-order valence-corrected chi connectivity index (χ2v) is 7.45. The van der Waals surface area contributed by atoms with E-state index in [9.17, 15) is 4.79 Å². The number of nitrogens with zero attached hydrogens (tertiary/aromatic N) is 1. The first-order valence-corrected chi connectivity index (χ1v) is 9.53. The number of benzene rings is 2. The van der Waals surface area contributed by atoms with E-state index in [1.165, 1.54) is 11.1 Å². The monoisotopic (exact) mass is 340 g/mol. The zero-order valence-corrected chi connectivity index (χ0v) is 14.9. The number of aryl methyl sites for hydroxylation is 1. The molecule has 24 heavy (non-hydrogen) atoms. The highest BCUT2D eigenvalue weighted by atomic mass is 32.2. The molecule has 0 radical (unpaired) electrons. The Morgan fingerprint density at radius 1 is 1.12 bits per heavy atom. The summed E-state index contributed by atoms with van der Waals surface area (Å²) in [4.78, 5) is 14.4. The number of nitrogens with one attached hydrogen (secondary N) is 1. The van der Waals surface area contributed by atoms with E-state index in [0.29, 0.717) is 11.8 Å². The van der Waals surface area contributed by atoms with Gasteiger partial charge in [0.05, 0.1) is 0 Å². The largest absolute Gasteiger partial charge is 0.334 e. The number of hydrogen-bond donors (Lipinski definition) is 1. The van der Waals surface area contributed by atoms with Gasteiger partial charge in [-0.3, -0.25) is 0 Å². The first kappa shape index (κ1) is 16.9. The van der Waals surface area contributed by atoms with Crippen LogP contribution in [-0.2, 0) is 6.54 Å². The Hall–Kier alpha value is -1.94. The van der Waals surface area contributed by atoms with E-state index < -0.39 is 0 Å². The zero-order valence-electron chi connectivity index (χ0n) is 14.1. The third kappa shape index (κ3) is 4.32. The van der Waals surface area contributed by atoms with Gasteiger partial charge in [-0.1, -0.05) is 54.6 Å².